The van der Waals surface area contributed by atoms with Gasteiger partial charge < -0.3 is 10.1 Å². The zero-order valence-corrected chi connectivity index (χ0v) is 10.5. The molecule has 0 aliphatic carbocycles. The van der Waals surface area contributed by atoms with Crippen molar-refractivity contribution in [2.24, 2.45) is 0 Å². The van der Waals surface area contributed by atoms with Crippen molar-refractivity contribution in [3.63, 3.8) is 0 Å². The molecular weight excluding hydrogens is 217 g/mol. The molecule has 1 N–H and O–H groups in total. The maximum atomic E-state index is 13.7. The number of rotatable bonds is 7. The van der Waals surface area contributed by atoms with Crippen LogP contribution in [0.15, 0.2) is 30.9 Å². The summed E-state index contributed by atoms with van der Waals surface area (Å²) < 4.78 is 19.0. The average molecular weight is 237 g/mol. The summed E-state index contributed by atoms with van der Waals surface area (Å²) in [6, 6.07) is 5.24. The van der Waals surface area contributed by atoms with Gasteiger partial charge >= 0.3 is 0 Å². The van der Waals surface area contributed by atoms with E-state index in [1.54, 1.807) is 12.1 Å². The highest BCUT2D eigenvalue weighted by atomic mass is 19.1. The molecule has 0 aliphatic heterocycles. The second kappa shape index (κ2) is 7.07. The minimum Gasteiger partial charge on any atom is -0.490 e. The van der Waals surface area contributed by atoms with Crippen LogP contribution in [0.1, 0.15) is 31.9 Å². The summed E-state index contributed by atoms with van der Waals surface area (Å²) >= 11 is 0. The van der Waals surface area contributed by atoms with Crippen molar-refractivity contribution in [1.82, 2.24) is 5.32 Å². The summed E-state index contributed by atoms with van der Waals surface area (Å²) in [4.78, 5) is 0. The Labute approximate surface area is 102 Å². The SMILES string of the molecule is C=CCCOc1ccc(C(C)NCC)cc1F. The molecule has 3 heteroatoms. The Morgan fingerprint density at radius 1 is 1.53 bits per heavy atom. The van der Waals surface area contributed by atoms with Gasteiger partial charge in [-0.05, 0) is 37.6 Å². The van der Waals surface area contributed by atoms with Crippen molar-refractivity contribution in [1.29, 1.82) is 0 Å². The molecule has 1 atom stereocenters. The molecule has 0 fully saturated rings. The average Bonchev–Trinajstić information content (AvgIpc) is 2.31. The largest absolute Gasteiger partial charge is 0.490 e. The Bertz CT molecular complexity index is 365. The maximum absolute atomic E-state index is 13.7. The Balaban J connectivity index is 2.68. The Morgan fingerprint density at radius 3 is 2.88 bits per heavy atom. The van der Waals surface area contributed by atoms with E-state index >= 15 is 0 Å². The number of nitrogens with one attached hydrogen (secondary N) is 1. The molecular formula is C14H20FNO. The zero-order valence-electron chi connectivity index (χ0n) is 10.5. The highest BCUT2D eigenvalue weighted by molar-refractivity contribution is 5.30. The highest BCUT2D eigenvalue weighted by Crippen LogP contribution is 2.22. The van der Waals surface area contributed by atoms with Crippen LogP contribution in [0.25, 0.3) is 0 Å². The van der Waals surface area contributed by atoms with E-state index in [2.05, 4.69) is 11.9 Å². The molecule has 0 heterocycles. The van der Waals surface area contributed by atoms with Crippen LogP contribution in [0.2, 0.25) is 0 Å². The topological polar surface area (TPSA) is 21.3 Å². The minimum atomic E-state index is -0.309. The van der Waals surface area contributed by atoms with Gasteiger partial charge in [0.05, 0.1) is 6.61 Å². The lowest BCUT2D eigenvalue weighted by Gasteiger charge is -2.14. The molecule has 1 aromatic carbocycles. The van der Waals surface area contributed by atoms with Gasteiger partial charge in [-0.3, -0.25) is 0 Å². The van der Waals surface area contributed by atoms with Crippen LogP contribution in [0.3, 0.4) is 0 Å². The fraction of sp³-hybridized carbons (Fsp3) is 0.429. The lowest BCUT2D eigenvalue weighted by molar-refractivity contribution is 0.307. The summed E-state index contributed by atoms with van der Waals surface area (Å²) in [6.07, 6.45) is 2.47. The summed E-state index contributed by atoms with van der Waals surface area (Å²) in [5.41, 5.74) is 0.931. The normalized spacial score (nSPS) is 12.2. The van der Waals surface area contributed by atoms with E-state index < -0.39 is 0 Å². The van der Waals surface area contributed by atoms with E-state index in [-0.39, 0.29) is 11.9 Å². The molecule has 0 bridgehead atoms. The molecule has 1 rings (SSSR count). The van der Waals surface area contributed by atoms with Crippen molar-refractivity contribution in [2.75, 3.05) is 13.2 Å². The van der Waals surface area contributed by atoms with E-state index in [0.717, 1.165) is 18.5 Å². The van der Waals surface area contributed by atoms with Crippen molar-refractivity contribution < 1.29 is 9.13 Å². The number of hydrogen-bond acceptors (Lipinski definition) is 2. The molecule has 17 heavy (non-hydrogen) atoms. The van der Waals surface area contributed by atoms with Crippen LogP contribution >= 0.6 is 0 Å². The second-order valence-electron chi connectivity index (χ2n) is 3.90. The first-order chi connectivity index (χ1) is 8.19. The number of benzene rings is 1. The van der Waals surface area contributed by atoms with E-state index in [1.165, 1.54) is 6.07 Å². The predicted octanol–water partition coefficient (Wildman–Crippen LogP) is 3.45. The van der Waals surface area contributed by atoms with Gasteiger partial charge in [0.15, 0.2) is 11.6 Å². The van der Waals surface area contributed by atoms with Gasteiger partial charge in [-0.2, -0.15) is 0 Å². The number of halogens is 1. The van der Waals surface area contributed by atoms with Gasteiger partial charge in [-0.1, -0.05) is 19.1 Å². The maximum Gasteiger partial charge on any atom is 0.165 e. The van der Waals surface area contributed by atoms with Crippen LogP contribution in [0.4, 0.5) is 4.39 Å². The molecule has 0 saturated carbocycles. The zero-order chi connectivity index (χ0) is 12.7. The predicted molar refractivity (Wildman–Crippen MR) is 68.8 cm³/mol. The van der Waals surface area contributed by atoms with E-state index in [1.807, 2.05) is 19.9 Å². The first-order valence-electron chi connectivity index (χ1n) is 5.95. The molecule has 0 spiro atoms. The molecule has 0 aromatic heterocycles. The molecule has 0 radical (unpaired) electrons. The summed E-state index contributed by atoms with van der Waals surface area (Å²) in [6.45, 7) is 8.95. The summed E-state index contributed by atoms with van der Waals surface area (Å²) in [5, 5.41) is 3.24. The van der Waals surface area contributed by atoms with Crippen molar-refractivity contribution in [3.05, 3.63) is 42.2 Å². The minimum absolute atomic E-state index is 0.150. The number of ether oxygens (including phenoxy) is 1. The first-order valence-corrected chi connectivity index (χ1v) is 5.95. The van der Waals surface area contributed by atoms with Crippen molar-refractivity contribution in [2.45, 2.75) is 26.3 Å². The van der Waals surface area contributed by atoms with E-state index in [4.69, 9.17) is 4.74 Å². The molecule has 0 saturated heterocycles. The Morgan fingerprint density at radius 2 is 2.29 bits per heavy atom. The van der Waals surface area contributed by atoms with Gasteiger partial charge in [-0.25, -0.2) is 4.39 Å². The third-order valence-electron chi connectivity index (χ3n) is 2.55. The molecule has 0 aliphatic rings. The van der Waals surface area contributed by atoms with Gasteiger partial charge in [-0.15, -0.1) is 6.58 Å². The lowest BCUT2D eigenvalue weighted by Crippen LogP contribution is -2.17. The monoisotopic (exact) mass is 237 g/mol. The van der Waals surface area contributed by atoms with Crippen molar-refractivity contribution >= 4 is 0 Å². The van der Waals surface area contributed by atoms with E-state index in [0.29, 0.717) is 12.4 Å². The first kappa shape index (κ1) is 13.7. The molecule has 0 amide bonds. The van der Waals surface area contributed by atoms with Crippen molar-refractivity contribution in [3.8, 4) is 5.75 Å². The van der Waals surface area contributed by atoms with E-state index in [9.17, 15) is 4.39 Å². The molecule has 1 aromatic rings. The third kappa shape index (κ3) is 4.19. The Hall–Kier alpha value is -1.35. The van der Waals surface area contributed by atoms with Gasteiger partial charge in [0, 0.05) is 6.04 Å². The third-order valence-corrected chi connectivity index (χ3v) is 2.55. The van der Waals surface area contributed by atoms with Gasteiger partial charge in [0.25, 0.3) is 0 Å². The molecule has 1 unspecified atom stereocenters. The second-order valence-corrected chi connectivity index (χ2v) is 3.90. The van der Waals surface area contributed by atoms with Crippen LogP contribution < -0.4 is 10.1 Å². The quantitative estimate of drug-likeness (QED) is 0.579. The standard InChI is InChI=1S/C14H20FNO/c1-4-6-9-17-14-8-7-12(10-13(14)15)11(3)16-5-2/h4,7-8,10-11,16H,1,5-6,9H2,2-3H3. The summed E-state index contributed by atoms with van der Waals surface area (Å²) in [5.74, 6) is -0.00406. The van der Waals surface area contributed by atoms with Gasteiger partial charge in [0.2, 0.25) is 0 Å². The fourth-order valence-corrected chi connectivity index (χ4v) is 1.58. The van der Waals surface area contributed by atoms with Crippen LogP contribution in [0.5, 0.6) is 5.75 Å². The lowest BCUT2D eigenvalue weighted by atomic mass is 10.1. The molecule has 2 nitrogen and oxygen atoms in total. The number of hydrogen-bond donors (Lipinski definition) is 1. The summed E-state index contributed by atoms with van der Waals surface area (Å²) in [7, 11) is 0. The fourth-order valence-electron chi connectivity index (χ4n) is 1.58. The van der Waals surface area contributed by atoms with Crippen LogP contribution in [-0.4, -0.2) is 13.2 Å². The van der Waals surface area contributed by atoms with Gasteiger partial charge in [0.1, 0.15) is 0 Å². The van der Waals surface area contributed by atoms with Crippen LogP contribution in [-0.2, 0) is 0 Å². The highest BCUT2D eigenvalue weighted by Gasteiger charge is 2.08. The van der Waals surface area contributed by atoms with Crippen LogP contribution in [0, 0.1) is 5.82 Å². The molecule has 94 valence electrons. The smallest absolute Gasteiger partial charge is 0.165 e. The Kier molecular flexibility index (Phi) is 5.70.